The maximum atomic E-state index is 11.2. The van der Waals surface area contributed by atoms with Gasteiger partial charge in [-0.25, -0.2) is 8.42 Å². The van der Waals surface area contributed by atoms with Crippen LogP contribution in [0.3, 0.4) is 0 Å². The van der Waals surface area contributed by atoms with Gasteiger partial charge >= 0.3 is 0 Å². The van der Waals surface area contributed by atoms with E-state index in [0.717, 1.165) is 6.26 Å². The summed E-state index contributed by atoms with van der Waals surface area (Å²) in [7, 11) is -3.16. The predicted molar refractivity (Wildman–Crippen MR) is 63.0 cm³/mol. The third-order valence-electron chi connectivity index (χ3n) is 1.98. The summed E-state index contributed by atoms with van der Waals surface area (Å²) < 4.78 is 32.7. The Kier molecular flexibility index (Phi) is 5.40. The molecule has 0 saturated carbocycles. The molecule has 0 radical (unpaired) electrons. The third kappa shape index (κ3) is 5.16. The van der Waals surface area contributed by atoms with Crippen molar-refractivity contribution in [3.63, 3.8) is 0 Å². The lowest BCUT2D eigenvalue weighted by molar-refractivity contribution is 0.0705. The van der Waals surface area contributed by atoms with Gasteiger partial charge in [0, 0.05) is 6.26 Å². The minimum Gasteiger partial charge on any atom is -0.491 e. The van der Waals surface area contributed by atoms with Gasteiger partial charge in [-0.05, 0) is 24.3 Å². The maximum Gasteiger partial charge on any atom is 0.175 e. The van der Waals surface area contributed by atoms with Crippen LogP contribution in [0.2, 0.25) is 0 Å². The number of hydrogen-bond donors (Lipinski definition) is 1. The van der Waals surface area contributed by atoms with E-state index in [-0.39, 0.29) is 18.1 Å². The lowest BCUT2D eigenvalue weighted by Gasteiger charge is -2.06. The number of sulfone groups is 1. The fourth-order valence-electron chi connectivity index (χ4n) is 1.17. The SMILES string of the molecule is CS(=O)(=O)c1ccc(OCCOCCO)cc1. The van der Waals surface area contributed by atoms with Crippen molar-refractivity contribution in [2.24, 2.45) is 0 Å². The van der Waals surface area contributed by atoms with Crippen LogP contribution < -0.4 is 4.74 Å². The fraction of sp³-hybridized carbons (Fsp3) is 0.455. The van der Waals surface area contributed by atoms with Gasteiger partial charge in [-0.1, -0.05) is 0 Å². The molecule has 17 heavy (non-hydrogen) atoms. The van der Waals surface area contributed by atoms with Crippen molar-refractivity contribution in [3.8, 4) is 5.75 Å². The second kappa shape index (κ2) is 6.58. The molecule has 5 nitrogen and oxygen atoms in total. The Balaban J connectivity index is 2.41. The van der Waals surface area contributed by atoms with E-state index in [1.807, 2.05) is 0 Å². The molecule has 0 aliphatic rings. The number of aliphatic hydroxyl groups is 1. The number of benzene rings is 1. The molecular weight excluding hydrogens is 244 g/mol. The third-order valence-corrected chi connectivity index (χ3v) is 3.11. The molecule has 0 aromatic heterocycles. The van der Waals surface area contributed by atoms with E-state index in [9.17, 15) is 8.42 Å². The fourth-order valence-corrected chi connectivity index (χ4v) is 1.80. The lowest BCUT2D eigenvalue weighted by atomic mass is 10.3. The number of ether oxygens (including phenoxy) is 2. The first kappa shape index (κ1) is 14.0. The molecule has 1 N–H and O–H groups in total. The Morgan fingerprint density at radius 3 is 2.29 bits per heavy atom. The van der Waals surface area contributed by atoms with Crippen LogP contribution in [-0.2, 0) is 14.6 Å². The van der Waals surface area contributed by atoms with Crippen LogP contribution in [0.1, 0.15) is 0 Å². The molecule has 0 atom stereocenters. The lowest BCUT2D eigenvalue weighted by Crippen LogP contribution is -2.09. The van der Waals surface area contributed by atoms with E-state index >= 15 is 0 Å². The van der Waals surface area contributed by atoms with Gasteiger partial charge in [0.1, 0.15) is 12.4 Å². The van der Waals surface area contributed by atoms with Crippen molar-refractivity contribution in [1.82, 2.24) is 0 Å². The molecule has 0 heterocycles. The smallest absolute Gasteiger partial charge is 0.175 e. The van der Waals surface area contributed by atoms with Crippen molar-refractivity contribution in [1.29, 1.82) is 0 Å². The van der Waals surface area contributed by atoms with Gasteiger partial charge < -0.3 is 14.6 Å². The second-order valence-corrected chi connectivity index (χ2v) is 5.44. The van der Waals surface area contributed by atoms with Crippen molar-refractivity contribution in [3.05, 3.63) is 24.3 Å². The molecule has 0 saturated heterocycles. The van der Waals surface area contributed by atoms with E-state index < -0.39 is 9.84 Å². The zero-order valence-electron chi connectivity index (χ0n) is 9.63. The molecule has 0 amide bonds. The summed E-state index contributed by atoms with van der Waals surface area (Å²) in [6.45, 7) is 1.02. The minimum atomic E-state index is -3.16. The Labute approximate surface area is 101 Å². The van der Waals surface area contributed by atoms with Crippen LogP contribution in [0.15, 0.2) is 29.2 Å². The topological polar surface area (TPSA) is 72.8 Å². The van der Waals surface area contributed by atoms with Gasteiger partial charge in [0.15, 0.2) is 9.84 Å². The zero-order chi connectivity index (χ0) is 12.7. The Hall–Kier alpha value is -1.11. The minimum absolute atomic E-state index is 0.0109. The highest BCUT2D eigenvalue weighted by molar-refractivity contribution is 7.90. The molecule has 1 aromatic rings. The first-order valence-electron chi connectivity index (χ1n) is 5.15. The van der Waals surface area contributed by atoms with Crippen molar-refractivity contribution in [2.75, 3.05) is 32.7 Å². The maximum absolute atomic E-state index is 11.2. The van der Waals surface area contributed by atoms with Gasteiger partial charge in [-0.3, -0.25) is 0 Å². The average molecular weight is 260 g/mol. The monoisotopic (exact) mass is 260 g/mol. The number of rotatable bonds is 7. The molecule has 0 fully saturated rings. The predicted octanol–water partition coefficient (Wildman–Crippen LogP) is 0.478. The molecular formula is C11H16O5S. The van der Waals surface area contributed by atoms with Gasteiger partial charge in [-0.2, -0.15) is 0 Å². The molecule has 0 aliphatic carbocycles. The summed E-state index contributed by atoms with van der Waals surface area (Å²) in [5, 5.41) is 8.47. The highest BCUT2D eigenvalue weighted by atomic mass is 32.2. The first-order chi connectivity index (χ1) is 8.04. The molecule has 0 bridgehead atoms. The second-order valence-electron chi connectivity index (χ2n) is 3.43. The summed E-state index contributed by atoms with van der Waals surface area (Å²) in [5.41, 5.74) is 0. The Bertz CT molecular complexity index is 424. The molecule has 1 aromatic carbocycles. The zero-order valence-corrected chi connectivity index (χ0v) is 10.4. The molecule has 0 spiro atoms. The first-order valence-corrected chi connectivity index (χ1v) is 7.04. The van der Waals surface area contributed by atoms with Crippen LogP contribution in [0.5, 0.6) is 5.75 Å². The molecule has 0 aliphatic heterocycles. The van der Waals surface area contributed by atoms with Crippen molar-refractivity contribution < 1.29 is 23.0 Å². The molecule has 0 unspecified atom stereocenters. The van der Waals surface area contributed by atoms with Gasteiger partial charge in [0.2, 0.25) is 0 Å². The van der Waals surface area contributed by atoms with E-state index in [4.69, 9.17) is 14.6 Å². The van der Waals surface area contributed by atoms with Crippen LogP contribution >= 0.6 is 0 Å². The molecule has 6 heteroatoms. The normalized spacial score (nSPS) is 11.4. The van der Waals surface area contributed by atoms with Crippen LogP contribution in [0.4, 0.5) is 0 Å². The summed E-state index contributed by atoms with van der Waals surface area (Å²) >= 11 is 0. The summed E-state index contributed by atoms with van der Waals surface area (Å²) in [5.74, 6) is 0.588. The quantitative estimate of drug-likeness (QED) is 0.722. The van der Waals surface area contributed by atoms with Crippen LogP contribution in [0, 0.1) is 0 Å². The average Bonchev–Trinajstić information content (AvgIpc) is 2.28. The Morgan fingerprint density at radius 2 is 1.76 bits per heavy atom. The highest BCUT2D eigenvalue weighted by Gasteiger charge is 2.06. The van der Waals surface area contributed by atoms with Gasteiger partial charge in [-0.15, -0.1) is 0 Å². The van der Waals surface area contributed by atoms with Crippen LogP contribution in [0.25, 0.3) is 0 Å². The Morgan fingerprint density at radius 1 is 1.12 bits per heavy atom. The largest absolute Gasteiger partial charge is 0.491 e. The van der Waals surface area contributed by atoms with Gasteiger partial charge in [0.25, 0.3) is 0 Å². The highest BCUT2D eigenvalue weighted by Crippen LogP contribution is 2.15. The summed E-state index contributed by atoms with van der Waals surface area (Å²) in [6, 6.07) is 6.20. The number of aliphatic hydroxyl groups excluding tert-OH is 1. The van der Waals surface area contributed by atoms with E-state index in [1.54, 1.807) is 12.1 Å². The van der Waals surface area contributed by atoms with Crippen molar-refractivity contribution in [2.45, 2.75) is 4.90 Å². The summed E-state index contributed by atoms with van der Waals surface area (Å²) in [6.07, 6.45) is 1.16. The molecule has 1 rings (SSSR count). The van der Waals surface area contributed by atoms with E-state index in [2.05, 4.69) is 0 Å². The summed E-state index contributed by atoms with van der Waals surface area (Å²) in [4.78, 5) is 0.265. The van der Waals surface area contributed by atoms with E-state index in [1.165, 1.54) is 12.1 Å². The number of hydrogen-bond acceptors (Lipinski definition) is 5. The standard InChI is InChI=1S/C11H16O5S/c1-17(13,14)11-4-2-10(3-5-11)16-9-8-15-7-6-12/h2-5,12H,6-9H2,1H3. The molecule has 96 valence electrons. The van der Waals surface area contributed by atoms with Crippen molar-refractivity contribution >= 4 is 9.84 Å². The van der Waals surface area contributed by atoms with Gasteiger partial charge in [0.05, 0.1) is 24.7 Å². The van der Waals surface area contributed by atoms with E-state index in [0.29, 0.717) is 19.0 Å². The van der Waals surface area contributed by atoms with Crippen LogP contribution in [-0.4, -0.2) is 46.2 Å².